The number of thioether (sulfide) groups is 1. The number of carbonyl (C=O) groups excluding carboxylic acids is 1. The van der Waals surface area contributed by atoms with Gasteiger partial charge in [0.25, 0.3) is 0 Å². The number of halogens is 2. The summed E-state index contributed by atoms with van der Waals surface area (Å²) in [5.74, 6) is -1.44. The number of nitrogens with one attached hydrogen (secondary N) is 1. The summed E-state index contributed by atoms with van der Waals surface area (Å²) in [6, 6.07) is 5.43. The Kier molecular flexibility index (Phi) is 5.18. The Balaban J connectivity index is 2.02. The van der Waals surface area contributed by atoms with Gasteiger partial charge in [0, 0.05) is 17.0 Å². The van der Waals surface area contributed by atoms with Crippen molar-refractivity contribution < 1.29 is 13.6 Å². The van der Waals surface area contributed by atoms with Crippen LogP contribution in [-0.2, 0) is 4.79 Å². The Hall–Kier alpha value is -1.89. The van der Waals surface area contributed by atoms with E-state index in [4.69, 9.17) is 0 Å². The van der Waals surface area contributed by atoms with Gasteiger partial charge in [-0.3, -0.25) is 4.79 Å². The molecule has 22 heavy (non-hydrogen) atoms. The van der Waals surface area contributed by atoms with Gasteiger partial charge in [0.05, 0.1) is 11.4 Å². The number of amides is 1. The van der Waals surface area contributed by atoms with Crippen molar-refractivity contribution in [1.82, 2.24) is 9.78 Å². The molecule has 2 rings (SSSR count). The molecule has 7 heteroatoms. The smallest absolute Gasteiger partial charge is 0.238 e. The minimum Gasteiger partial charge on any atom is -0.310 e. The fourth-order valence-corrected chi connectivity index (χ4v) is 2.75. The highest BCUT2D eigenvalue weighted by Crippen LogP contribution is 2.26. The van der Waals surface area contributed by atoms with E-state index in [9.17, 15) is 13.6 Å². The van der Waals surface area contributed by atoms with Gasteiger partial charge in [-0.1, -0.05) is 0 Å². The van der Waals surface area contributed by atoms with Crippen LogP contribution in [0.1, 0.15) is 26.8 Å². The number of hydrogen-bond donors (Lipinski definition) is 1. The minimum absolute atomic E-state index is 0.124. The maximum atomic E-state index is 13.2. The third kappa shape index (κ3) is 3.85. The molecule has 0 bridgehead atoms. The zero-order valence-corrected chi connectivity index (χ0v) is 13.3. The number of hydrogen-bond acceptors (Lipinski definition) is 3. The van der Waals surface area contributed by atoms with Gasteiger partial charge in [0.2, 0.25) is 5.91 Å². The average molecular weight is 325 g/mol. The van der Waals surface area contributed by atoms with Crippen molar-refractivity contribution in [3.63, 3.8) is 0 Å². The number of aromatic nitrogens is 2. The lowest BCUT2D eigenvalue weighted by atomic mass is 10.3. The van der Waals surface area contributed by atoms with Crippen LogP contribution < -0.4 is 5.32 Å². The summed E-state index contributed by atoms with van der Waals surface area (Å²) in [7, 11) is 0. The van der Waals surface area contributed by atoms with Crippen LogP contribution in [0.25, 0.3) is 0 Å². The molecule has 0 fully saturated rings. The molecule has 4 nitrogen and oxygen atoms in total. The Bertz CT molecular complexity index is 673. The lowest BCUT2D eigenvalue weighted by molar-refractivity contribution is -0.115. The topological polar surface area (TPSA) is 46.9 Å². The zero-order chi connectivity index (χ0) is 16.3. The van der Waals surface area contributed by atoms with E-state index in [0.29, 0.717) is 10.7 Å². The molecule has 0 aliphatic heterocycles. The second kappa shape index (κ2) is 6.91. The maximum Gasteiger partial charge on any atom is 0.238 e. The molecule has 1 aromatic heterocycles. The fraction of sp³-hybridized carbons (Fsp3) is 0.333. The van der Waals surface area contributed by atoms with E-state index < -0.39 is 16.9 Å². The van der Waals surface area contributed by atoms with Crippen LogP contribution in [0.15, 0.2) is 35.4 Å². The second-order valence-corrected chi connectivity index (χ2v) is 6.49. The van der Waals surface area contributed by atoms with Crippen molar-refractivity contribution in [2.75, 3.05) is 5.32 Å². The highest BCUT2D eigenvalue weighted by atomic mass is 32.2. The largest absolute Gasteiger partial charge is 0.310 e. The van der Waals surface area contributed by atoms with Crippen LogP contribution in [0.4, 0.5) is 14.6 Å². The number of nitrogens with zero attached hydrogens (tertiary/aromatic N) is 2. The molecule has 0 saturated carbocycles. The van der Waals surface area contributed by atoms with Crippen LogP contribution in [0.3, 0.4) is 0 Å². The molecule has 2 aromatic rings. The molecule has 0 spiro atoms. The average Bonchev–Trinajstić information content (AvgIpc) is 2.91. The predicted molar refractivity (Wildman–Crippen MR) is 82.9 cm³/mol. The molecule has 1 aromatic carbocycles. The van der Waals surface area contributed by atoms with E-state index >= 15 is 0 Å². The molecule has 118 valence electrons. The number of carbonyl (C=O) groups is 1. The number of benzene rings is 1. The standard InChI is InChI=1S/C15H17F2N3OS/c1-9(2)20-14(6-7-18-20)19-15(21)10(3)22-11-4-5-12(16)13(17)8-11/h4-10H,1-3H3,(H,19,21)/t10-/m1/s1. The Morgan fingerprint density at radius 2 is 1.95 bits per heavy atom. The van der Waals surface area contributed by atoms with Gasteiger partial charge in [0.1, 0.15) is 5.82 Å². The van der Waals surface area contributed by atoms with Crippen LogP contribution in [0.5, 0.6) is 0 Å². The van der Waals surface area contributed by atoms with Crippen LogP contribution >= 0.6 is 11.8 Å². The zero-order valence-electron chi connectivity index (χ0n) is 12.5. The summed E-state index contributed by atoms with van der Waals surface area (Å²) in [6.07, 6.45) is 1.61. The molecule has 0 aliphatic rings. The Labute approximate surface area is 131 Å². The fourth-order valence-electron chi connectivity index (χ4n) is 1.86. The third-order valence-electron chi connectivity index (χ3n) is 2.98. The maximum absolute atomic E-state index is 13.2. The first-order chi connectivity index (χ1) is 10.4. The molecule has 0 aliphatic carbocycles. The molecule has 0 radical (unpaired) electrons. The lowest BCUT2D eigenvalue weighted by Gasteiger charge is -2.15. The van der Waals surface area contributed by atoms with Crippen LogP contribution in [0.2, 0.25) is 0 Å². The molecule has 0 saturated heterocycles. The molecule has 0 unspecified atom stereocenters. The predicted octanol–water partition coefficient (Wildman–Crippen LogP) is 3.86. The highest BCUT2D eigenvalue weighted by Gasteiger charge is 2.17. The molecule has 1 heterocycles. The van der Waals surface area contributed by atoms with E-state index in [0.717, 1.165) is 23.9 Å². The first kappa shape index (κ1) is 16.5. The van der Waals surface area contributed by atoms with Crippen molar-refractivity contribution in [2.45, 2.75) is 37.0 Å². The second-order valence-electron chi connectivity index (χ2n) is 5.08. The summed E-state index contributed by atoms with van der Waals surface area (Å²) in [4.78, 5) is 12.7. The Morgan fingerprint density at radius 1 is 1.23 bits per heavy atom. The summed E-state index contributed by atoms with van der Waals surface area (Å²) < 4.78 is 27.8. The minimum atomic E-state index is -0.921. The van der Waals surface area contributed by atoms with E-state index in [1.54, 1.807) is 23.9 Å². The Morgan fingerprint density at radius 3 is 2.59 bits per heavy atom. The van der Waals surface area contributed by atoms with E-state index in [-0.39, 0.29) is 11.9 Å². The van der Waals surface area contributed by atoms with E-state index in [1.165, 1.54) is 6.07 Å². The van der Waals surface area contributed by atoms with Gasteiger partial charge in [-0.2, -0.15) is 5.10 Å². The molecule has 1 amide bonds. The van der Waals surface area contributed by atoms with Gasteiger partial charge < -0.3 is 5.32 Å². The van der Waals surface area contributed by atoms with E-state index in [1.807, 2.05) is 13.8 Å². The van der Waals surface area contributed by atoms with Crippen LogP contribution in [-0.4, -0.2) is 20.9 Å². The molecule has 1 atom stereocenters. The van der Waals surface area contributed by atoms with E-state index in [2.05, 4.69) is 10.4 Å². The normalized spacial score (nSPS) is 12.5. The van der Waals surface area contributed by atoms with Crippen molar-refractivity contribution in [3.8, 4) is 0 Å². The summed E-state index contributed by atoms with van der Waals surface area (Å²) in [6.45, 7) is 5.63. The molecular formula is C15H17F2N3OS. The monoisotopic (exact) mass is 325 g/mol. The SMILES string of the molecule is CC(C)n1nccc1NC(=O)[C@@H](C)Sc1ccc(F)c(F)c1. The highest BCUT2D eigenvalue weighted by molar-refractivity contribution is 8.00. The van der Waals surface area contributed by atoms with Crippen LogP contribution in [0, 0.1) is 11.6 Å². The first-order valence-corrected chi connectivity index (χ1v) is 7.72. The number of anilines is 1. The summed E-state index contributed by atoms with van der Waals surface area (Å²) in [5, 5.41) is 6.47. The lowest BCUT2D eigenvalue weighted by Crippen LogP contribution is -2.24. The summed E-state index contributed by atoms with van der Waals surface area (Å²) >= 11 is 1.16. The first-order valence-electron chi connectivity index (χ1n) is 6.84. The molecule has 1 N–H and O–H groups in total. The van der Waals surface area contributed by atoms with Crippen molar-refractivity contribution in [1.29, 1.82) is 0 Å². The number of rotatable bonds is 5. The third-order valence-corrected chi connectivity index (χ3v) is 4.08. The molecular weight excluding hydrogens is 308 g/mol. The quantitative estimate of drug-likeness (QED) is 0.849. The van der Waals surface area contributed by atoms with Gasteiger partial charge in [0.15, 0.2) is 11.6 Å². The van der Waals surface area contributed by atoms with Crippen molar-refractivity contribution in [2.24, 2.45) is 0 Å². The van der Waals surface area contributed by atoms with Gasteiger partial charge in [-0.15, -0.1) is 11.8 Å². The van der Waals surface area contributed by atoms with Gasteiger partial charge >= 0.3 is 0 Å². The summed E-state index contributed by atoms with van der Waals surface area (Å²) in [5.41, 5.74) is 0. The van der Waals surface area contributed by atoms with Crippen molar-refractivity contribution in [3.05, 3.63) is 42.1 Å². The van der Waals surface area contributed by atoms with Gasteiger partial charge in [-0.25, -0.2) is 13.5 Å². The van der Waals surface area contributed by atoms with Crippen molar-refractivity contribution >= 4 is 23.5 Å². The van der Waals surface area contributed by atoms with Gasteiger partial charge in [-0.05, 0) is 39.0 Å².